The van der Waals surface area contributed by atoms with E-state index >= 15 is 0 Å². The maximum atomic E-state index is 10.9. The van der Waals surface area contributed by atoms with E-state index in [9.17, 15) is 4.79 Å². The van der Waals surface area contributed by atoms with Gasteiger partial charge in [0, 0.05) is 6.21 Å². The van der Waals surface area contributed by atoms with E-state index in [2.05, 4.69) is 20.4 Å². The Morgan fingerprint density at radius 1 is 1.47 bits per heavy atom. The molecule has 6 heteroatoms. The number of nitrogens with zero attached hydrogens (tertiary/aromatic N) is 1. The topological polar surface area (TPSA) is 62.7 Å². The number of thiocarbonyl (C=S) groups is 1. The van der Waals surface area contributed by atoms with E-state index in [0.29, 0.717) is 5.69 Å². The predicted octanol–water partition coefficient (Wildman–Crippen LogP) is 2.46. The lowest BCUT2D eigenvalue weighted by atomic mass is 10.3. The number of para-hydroxylation sites is 2. The number of ether oxygens (including phenoxy) is 1. The minimum Gasteiger partial charge on any atom is -0.453 e. The van der Waals surface area contributed by atoms with Crippen molar-refractivity contribution in [1.82, 2.24) is 5.32 Å². The number of amides is 1. The van der Waals surface area contributed by atoms with Crippen molar-refractivity contribution in [2.75, 3.05) is 12.4 Å². The summed E-state index contributed by atoms with van der Waals surface area (Å²) < 4.78 is 4.43. The van der Waals surface area contributed by atoms with Crippen LogP contribution >= 0.6 is 12.2 Å². The van der Waals surface area contributed by atoms with Crippen LogP contribution in [0.2, 0.25) is 0 Å². The Balaban J connectivity index is 2.74. The fourth-order valence-electron chi connectivity index (χ4n) is 1.13. The smallest absolute Gasteiger partial charge is 0.413 e. The number of aliphatic imine (C=N–C) groups is 1. The first-order valence-electron chi connectivity index (χ1n) is 4.91. The molecule has 0 aromatic heterocycles. The molecule has 1 aromatic rings. The molecule has 1 amide bonds. The fourth-order valence-corrected chi connectivity index (χ4v) is 1.32. The highest BCUT2D eigenvalue weighted by Gasteiger charge is 2.05. The van der Waals surface area contributed by atoms with E-state index in [4.69, 9.17) is 12.2 Å². The quantitative estimate of drug-likeness (QED) is 0.626. The number of alkyl carbamates (subject to hydrolysis) is 1. The molecule has 0 fully saturated rings. The summed E-state index contributed by atoms with van der Waals surface area (Å²) in [6.45, 7) is 1.82. The molecule has 0 heterocycles. The van der Waals surface area contributed by atoms with Gasteiger partial charge in [0.25, 0.3) is 0 Å². The highest BCUT2D eigenvalue weighted by atomic mass is 32.1. The fraction of sp³-hybridized carbons (Fsp3) is 0.182. The monoisotopic (exact) mass is 251 g/mol. The van der Waals surface area contributed by atoms with Gasteiger partial charge in [-0.25, -0.2) is 4.79 Å². The lowest BCUT2D eigenvalue weighted by Crippen LogP contribution is -2.33. The van der Waals surface area contributed by atoms with Gasteiger partial charge < -0.3 is 10.1 Å². The highest BCUT2D eigenvalue weighted by molar-refractivity contribution is 7.80. The van der Waals surface area contributed by atoms with Crippen molar-refractivity contribution in [3.8, 4) is 0 Å². The van der Waals surface area contributed by atoms with Crippen LogP contribution in [-0.4, -0.2) is 24.5 Å². The zero-order valence-corrected chi connectivity index (χ0v) is 10.4. The average molecular weight is 251 g/mol. The number of hydrogen-bond donors (Lipinski definition) is 2. The number of carbonyl (C=O) groups excluding carboxylic acids is 1. The Hall–Kier alpha value is -1.95. The van der Waals surface area contributed by atoms with Crippen LogP contribution < -0.4 is 10.6 Å². The minimum atomic E-state index is -0.612. The molecule has 0 saturated carbocycles. The Morgan fingerprint density at radius 3 is 2.82 bits per heavy atom. The summed E-state index contributed by atoms with van der Waals surface area (Å²) >= 11 is 4.95. The van der Waals surface area contributed by atoms with Crippen molar-refractivity contribution >= 4 is 41.0 Å². The molecule has 2 N–H and O–H groups in total. The van der Waals surface area contributed by atoms with Crippen molar-refractivity contribution in [2.24, 2.45) is 4.99 Å². The van der Waals surface area contributed by atoms with Gasteiger partial charge in [-0.05, 0) is 31.3 Å². The molecule has 0 aliphatic rings. The molecule has 0 spiro atoms. The van der Waals surface area contributed by atoms with E-state index in [1.807, 2.05) is 31.2 Å². The van der Waals surface area contributed by atoms with Gasteiger partial charge in [0.2, 0.25) is 0 Å². The number of methoxy groups -OCH3 is 1. The van der Waals surface area contributed by atoms with Gasteiger partial charge >= 0.3 is 6.09 Å². The number of rotatable bonds is 2. The van der Waals surface area contributed by atoms with Gasteiger partial charge in [0.15, 0.2) is 5.11 Å². The van der Waals surface area contributed by atoms with Crippen LogP contribution in [0.3, 0.4) is 0 Å². The molecule has 1 aromatic carbocycles. The first-order valence-corrected chi connectivity index (χ1v) is 5.32. The summed E-state index contributed by atoms with van der Waals surface area (Å²) in [7, 11) is 1.27. The van der Waals surface area contributed by atoms with E-state index in [1.165, 1.54) is 7.11 Å². The van der Waals surface area contributed by atoms with Crippen molar-refractivity contribution < 1.29 is 9.53 Å². The Morgan fingerprint density at radius 2 is 2.18 bits per heavy atom. The molecule has 17 heavy (non-hydrogen) atoms. The normalized spacial score (nSPS) is 10.0. The first kappa shape index (κ1) is 13.1. The Kier molecular flexibility index (Phi) is 5.09. The number of nitrogens with one attached hydrogen (secondary N) is 2. The van der Waals surface area contributed by atoms with Gasteiger partial charge in [-0.3, -0.25) is 10.3 Å². The zero-order valence-electron chi connectivity index (χ0n) is 9.56. The molecule has 5 nitrogen and oxygen atoms in total. The van der Waals surface area contributed by atoms with Crippen LogP contribution in [0.15, 0.2) is 29.3 Å². The molecule has 0 unspecified atom stereocenters. The summed E-state index contributed by atoms with van der Waals surface area (Å²) in [4.78, 5) is 15.1. The maximum Gasteiger partial charge on any atom is 0.413 e. The molecule has 0 bridgehead atoms. The average Bonchev–Trinajstić information content (AvgIpc) is 2.31. The Bertz CT molecular complexity index is 446. The van der Waals surface area contributed by atoms with Crippen LogP contribution in [0, 0.1) is 0 Å². The zero-order chi connectivity index (χ0) is 12.7. The van der Waals surface area contributed by atoms with Gasteiger partial charge in [0.05, 0.1) is 18.5 Å². The molecule has 0 radical (unpaired) electrons. The summed E-state index contributed by atoms with van der Waals surface area (Å²) in [6.07, 6.45) is 1.07. The third-order valence-corrected chi connectivity index (χ3v) is 2.03. The van der Waals surface area contributed by atoms with Gasteiger partial charge in [-0.1, -0.05) is 12.1 Å². The SMILES string of the molecule is CC=Nc1ccccc1NC(=S)NC(=O)OC. The third-order valence-electron chi connectivity index (χ3n) is 1.82. The summed E-state index contributed by atoms with van der Waals surface area (Å²) in [5.74, 6) is 0. The van der Waals surface area contributed by atoms with Gasteiger partial charge in [-0.2, -0.15) is 0 Å². The molecular weight excluding hydrogens is 238 g/mol. The second kappa shape index (κ2) is 6.59. The number of anilines is 1. The van der Waals surface area contributed by atoms with Crippen molar-refractivity contribution in [3.05, 3.63) is 24.3 Å². The summed E-state index contributed by atoms with van der Waals surface area (Å²) in [5, 5.41) is 5.38. The lowest BCUT2D eigenvalue weighted by molar-refractivity contribution is 0.177. The molecule has 1 rings (SSSR count). The minimum absolute atomic E-state index is 0.163. The van der Waals surface area contributed by atoms with E-state index < -0.39 is 6.09 Å². The number of hydrogen-bond acceptors (Lipinski definition) is 4. The molecule has 90 valence electrons. The molecule has 0 aliphatic heterocycles. The third kappa shape index (κ3) is 4.20. The Labute approximate surface area is 105 Å². The molecule has 0 saturated heterocycles. The number of carbonyl (C=O) groups is 1. The van der Waals surface area contributed by atoms with Gasteiger partial charge in [0.1, 0.15) is 0 Å². The first-order chi connectivity index (χ1) is 8.17. The van der Waals surface area contributed by atoms with Crippen LogP contribution in [0.4, 0.5) is 16.2 Å². The second-order valence-electron chi connectivity index (χ2n) is 2.98. The van der Waals surface area contributed by atoms with Crippen molar-refractivity contribution in [1.29, 1.82) is 0 Å². The van der Waals surface area contributed by atoms with Crippen molar-refractivity contribution in [2.45, 2.75) is 6.92 Å². The van der Waals surface area contributed by atoms with Gasteiger partial charge in [-0.15, -0.1) is 0 Å². The van der Waals surface area contributed by atoms with E-state index in [-0.39, 0.29) is 5.11 Å². The van der Waals surface area contributed by atoms with Crippen LogP contribution in [-0.2, 0) is 4.74 Å². The predicted molar refractivity (Wildman–Crippen MR) is 72.0 cm³/mol. The largest absolute Gasteiger partial charge is 0.453 e. The molecule has 0 aliphatic carbocycles. The standard InChI is InChI=1S/C11H13N3O2S/c1-3-12-8-6-4-5-7-9(8)13-10(17)14-11(15)16-2/h3-7H,1-2H3,(H2,13,14,15,17). The maximum absolute atomic E-state index is 10.9. The summed E-state index contributed by atoms with van der Waals surface area (Å²) in [5.41, 5.74) is 1.45. The lowest BCUT2D eigenvalue weighted by Gasteiger charge is -2.10. The van der Waals surface area contributed by atoms with Crippen LogP contribution in [0.25, 0.3) is 0 Å². The van der Waals surface area contributed by atoms with E-state index in [0.717, 1.165) is 5.69 Å². The van der Waals surface area contributed by atoms with Crippen LogP contribution in [0.5, 0.6) is 0 Å². The summed E-state index contributed by atoms with van der Waals surface area (Å²) in [6, 6.07) is 7.36. The highest BCUT2D eigenvalue weighted by Crippen LogP contribution is 2.23. The number of benzene rings is 1. The van der Waals surface area contributed by atoms with Crippen molar-refractivity contribution in [3.63, 3.8) is 0 Å². The van der Waals surface area contributed by atoms with E-state index in [1.54, 1.807) is 6.21 Å². The second-order valence-corrected chi connectivity index (χ2v) is 3.38. The van der Waals surface area contributed by atoms with Crippen LogP contribution in [0.1, 0.15) is 6.92 Å². The molecular formula is C11H13N3O2S. The molecule has 0 atom stereocenters.